The van der Waals surface area contributed by atoms with Crippen molar-refractivity contribution in [3.63, 3.8) is 0 Å². The van der Waals surface area contributed by atoms with Crippen LogP contribution in [0.5, 0.6) is 0 Å². The molecule has 1 saturated heterocycles. The fraction of sp³-hybridized carbons (Fsp3) is 0.533. The van der Waals surface area contributed by atoms with Gasteiger partial charge in [0, 0.05) is 25.7 Å². The van der Waals surface area contributed by atoms with E-state index in [1.165, 1.54) is 0 Å². The molecular weight excluding hydrogens is 238 g/mol. The van der Waals surface area contributed by atoms with Crippen LogP contribution in [0.15, 0.2) is 24.3 Å². The Morgan fingerprint density at radius 2 is 2.26 bits per heavy atom. The van der Waals surface area contributed by atoms with E-state index in [0.29, 0.717) is 12.6 Å². The Hall–Kier alpha value is -1.57. The lowest BCUT2D eigenvalue weighted by molar-refractivity contribution is 0.166. The molecule has 4 heteroatoms. The van der Waals surface area contributed by atoms with E-state index in [9.17, 15) is 5.26 Å². The zero-order valence-corrected chi connectivity index (χ0v) is 11.4. The third-order valence-electron chi connectivity index (χ3n) is 3.84. The normalized spacial score (nSPS) is 19.5. The van der Waals surface area contributed by atoms with E-state index < -0.39 is 0 Å². The Labute approximate surface area is 114 Å². The van der Waals surface area contributed by atoms with Crippen molar-refractivity contribution in [2.75, 3.05) is 38.2 Å². The summed E-state index contributed by atoms with van der Waals surface area (Å²) in [6.07, 6.45) is 2.28. The first-order chi connectivity index (χ1) is 9.26. The summed E-state index contributed by atoms with van der Waals surface area (Å²) in [4.78, 5) is 4.50. The van der Waals surface area contributed by atoms with Crippen molar-refractivity contribution in [3.8, 4) is 6.07 Å². The molecule has 19 heavy (non-hydrogen) atoms. The van der Waals surface area contributed by atoms with Crippen LogP contribution in [0.2, 0.25) is 0 Å². The lowest BCUT2D eigenvalue weighted by atomic mass is 10.0. The lowest BCUT2D eigenvalue weighted by Gasteiger charge is -2.39. The number of piperidine rings is 1. The highest BCUT2D eigenvalue weighted by Crippen LogP contribution is 2.24. The van der Waals surface area contributed by atoms with Gasteiger partial charge in [0.05, 0.1) is 17.9 Å². The minimum Gasteiger partial charge on any atom is -0.395 e. The van der Waals surface area contributed by atoms with Crippen LogP contribution in [-0.2, 0) is 0 Å². The van der Waals surface area contributed by atoms with Crippen molar-refractivity contribution < 1.29 is 5.11 Å². The summed E-state index contributed by atoms with van der Waals surface area (Å²) in [5.41, 5.74) is 1.78. The van der Waals surface area contributed by atoms with Crippen LogP contribution in [0.4, 0.5) is 5.69 Å². The summed E-state index contributed by atoms with van der Waals surface area (Å²) in [6.45, 7) is 2.83. The molecule has 1 aromatic carbocycles. The number of para-hydroxylation sites is 1. The van der Waals surface area contributed by atoms with Gasteiger partial charge in [-0.3, -0.25) is 4.90 Å². The molecule has 1 atom stereocenters. The first-order valence-corrected chi connectivity index (χ1v) is 6.81. The maximum atomic E-state index is 9.19. The van der Waals surface area contributed by atoms with Gasteiger partial charge in [0.2, 0.25) is 0 Å². The van der Waals surface area contributed by atoms with Crippen LogP contribution in [-0.4, -0.2) is 49.3 Å². The second-order valence-corrected chi connectivity index (χ2v) is 5.08. The van der Waals surface area contributed by atoms with Gasteiger partial charge < -0.3 is 10.0 Å². The Morgan fingerprint density at radius 3 is 3.00 bits per heavy atom. The molecule has 1 N–H and O–H groups in total. The van der Waals surface area contributed by atoms with Crippen LogP contribution in [0.3, 0.4) is 0 Å². The lowest BCUT2D eigenvalue weighted by Crippen LogP contribution is -2.47. The number of nitriles is 1. The van der Waals surface area contributed by atoms with Gasteiger partial charge >= 0.3 is 0 Å². The highest BCUT2D eigenvalue weighted by molar-refractivity contribution is 5.59. The van der Waals surface area contributed by atoms with E-state index in [1.807, 2.05) is 24.3 Å². The third-order valence-corrected chi connectivity index (χ3v) is 3.84. The maximum Gasteiger partial charge on any atom is 0.101 e. The molecule has 102 valence electrons. The largest absolute Gasteiger partial charge is 0.395 e. The number of aliphatic hydroxyl groups excluding tert-OH is 1. The van der Waals surface area contributed by atoms with Gasteiger partial charge in [0.15, 0.2) is 0 Å². The van der Waals surface area contributed by atoms with Crippen molar-refractivity contribution in [2.24, 2.45) is 0 Å². The van der Waals surface area contributed by atoms with Crippen LogP contribution in [0.1, 0.15) is 18.4 Å². The molecule has 0 radical (unpaired) electrons. The van der Waals surface area contributed by atoms with E-state index in [2.05, 4.69) is 22.9 Å². The molecule has 0 aliphatic carbocycles. The van der Waals surface area contributed by atoms with Gasteiger partial charge in [0.25, 0.3) is 0 Å². The second-order valence-electron chi connectivity index (χ2n) is 5.08. The Bertz CT molecular complexity index is 455. The topological polar surface area (TPSA) is 50.5 Å². The summed E-state index contributed by atoms with van der Waals surface area (Å²) in [6, 6.07) is 10.5. The fourth-order valence-corrected chi connectivity index (χ4v) is 2.72. The second kappa shape index (κ2) is 6.55. The molecule has 1 aromatic rings. The summed E-state index contributed by atoms with van der Waals surface area (Å²) < 4.78 is 0. The van der Waals surface area contributed by atoms with Gasteiger partial charge in [-0.25, -0.2) is 0 Å². The molecule has 0 amide bonds. The highest BCUT2D eigenvalue weighted by Gasteiger charge is 2.24. The Balaban J connectivity index is 2.11. The molecule has 1 heterocycles. The predicted octanol–water partition coefficient (Wildman–Crippen LogP) is 1.45. The summed E-state index contributed by atoms with van der Waals surface area (Å²) in [5.74, 6) is 0. The van der Waals surface area contributed by atoms with Gasteiger partial charge in [-0.1, -0.05) is 12.1 Å². The first kappa shape index (κ1) is 13.9. The van der Waals surface area contributed by atoms with E-state index in [4.69, 9.17) is 5.11 Å². The van der Waals surface area contributed by atoms with Crippen molar-refractivity contribution in [1.29, 1.82) is 5.26 Å². The molecule has 4 nitrogen and oxygen atoms in total. The predicted molar refractivity (Wildman–Crippen MR) is 76.1 cm³/mol. The molecule has 2 rings (SSSR count). The summed E-state index contributed by atoms with van der Waals surface area (Å²) in [7, 11) is 2.06. The SMILES string of the molecule is CN(CCO)C1CCCN(c2ccccc2C#N)C1. The number of hydrogen-bond acceptors (Lipinski definition) is 4. The third kappa shape index (κ3) is 3.25. The van der Waals surface area contributed by atoms with E-state index in [-0.39, 0.29) is 6.61 Å². The first-order valence-electron chi connectivity index (χ1n) is 6.81. The highest BCUT2D eigenvalue weighted by atomic mass is 16.3. The molecule has 0 aromatic heterocycles. The van der Waals surface area contributed by atoms with Crippen LogP contribution >= 0.6 is 0 Å². The Kier molecular flexibility index (Phi) is 4.78. The summed E-state index contributed by atoms with van der Waals surface area (Å²) >= 11 is 0. The molecule has 1 aliphatic heterocycles. The van der Waals surface area contributed by atoms with Gasteiger partial charge in [-0.2, -0.15) is 5.26 Å². The number of hydrogen-bond donors (Lipinski definition) is 1. The standard InChI is InChI=1S/C15H21N3O/c1-17(9-10-19)14-6-4-8-18(12-14)15-7-3-2-5-13(15)11-16/h2-3,5,7,14,19H,4,6,8-10,12H2,1H3. The zero-order valence-electron chi connectivity index (χ0n) is 11.4. The molecule has 0 bridgehead atoms. The van der Waals surface area contributed by atoms with Gasteiger partial charge in [-0.15, -0.1) is 0 Å². The fourth-order valence-electron chi connectivity index (χ4n) is 2.72. The van der Waals surface area contributed by atoms with E-state index in [1.54, 1.807) is 0 Å². The van der Waals surface area contributed by atoms with Crippen LogP contribution in [0, 0.1) is 11.3 Å². The number of rotatable bonds is 4. The average Bonchev–Trinajstić information content (AvgIpc) is 2.47. The van der Waals surface area contributed by atoms with E-state index in [0.717, 1.165) is 37.2 Å². The minimum absolute atomic E-state index is 0.196. The number of anilines is 1. The van der Waals surface area contributed by atoms with Crippen molar-refractivity contribution in [1.82, 2.24) is 4.90 Å². The zero-order chi connectivity index (χ0) is 13.7. The molecule has 1 unspecified atom stereocenters. The van der Waals surface area contributed by atoms with E-state index >= 15 is 0 Å². The average molecular weight is 259 g/mol. The quantitative estimate of drug-likeness (QED) is 0.889. The number of nitrogens with zero attached hydrogens (tertiary/aromatic N) is 3. The minimum atomic E-state index is 0.196. The van der Waals surface area contributed by atoms with Crippen molar-refractivity contribution in [3.05, 3.63) is 29.8 Å². The molecule has 0 spiro atoms. The number of aliphatic hydroxyl groups is 1. The number of likely N-dealkylation sites (N-methyl/N-ethyl adjacent to an activating group) is 1. The molecular formula is C15H21N3O. The smallest absolute Gasteiger partial charge is 0.101 e. The molecule has 1 aliphatic rings. The number of benzene rings is 1. The van der Waals surface area contributed by atoms with Gasteiger partial charge in [0.1, 0.15) is 6.07 Å². The molecule has 1 fully saturated rings. The maximum absolute atomic E-state index is 9.19. The van der Waals surface area contributed by atoms with Crippen LogP contribution < -0.4 is 4.90 Å². The van der Waals surface area contributed by atoms with Crippen LogP contribution in [0.25, 0.3) is 0 Å². The monoisotopic (exact) mass is 259 g/mol. The van der Waals surface area contributed by atoms with Crippen molar-refractivity contribution in [2.45, 2.75) is 18.9 Å². The molecule has 0 saturated carbocycles. The van der Waals surface area contributed by atoms with Gasteiger partial charge in [-0.05, 0) is 32.0 Å². The Morgan fingerprint density at radius 1 is 1.47 bits per heavy atom. The van der Waals surface area contributed by atoms with Crippen molar-refractivity contribution >= 4 is 5.69 Å². The summed E-state index contributed by atoms with van der Waals surface area (Å²) in [5, 5.41) is 18.2.